The van der Waals surface area contributed by atoms with Crippen molar-refractivity contribution in [2.24, 2.45) is 5.10 Å². The first kappa shape index (κ1) is 13.5. The summed E-state index contributed by atoms with van der Waals surface area (Å²) < 4.78 is 0. The highest BCUT2D eigenvalue weighted by atomic mass is 35.5. The van der Waals surface area contributed by atoms with Gasteiger partial charge in [-0.25, -0.2) is 0 Å². The van der Waals surface area contributed by atoms with Crippen LogP contribution in [0.25, 0.3) is 0 Å². The smallest absolute Gasteiger partial charge is 0.172 e. The molecule has 1 aromatic heterocycles. The van der Waals surface area contributed by atoms with Gasteiger partial charge in [-0.3, -0.25) is 5.43 Å². The molecule has 0 unspecified atom stereocenters. The van der Waals surface area contributed by atoms with E-state index in [1.807, 2.05) is 51.1 Å². The quantitative estimate of drug-likeness (QED) is 0.687. The van der Waals surface area contributed by atoms with Crippen LogP contribution < -0.4 is 5.43 Å². The van der Waals surface area contributed by atoms with Crippen molar-refractivity contribution in [3.05, 3.63) is 52.2 Å². The number of halogens is 1. The number of anilines is 1. The lowest BCUT2D eigenvalue weighted by Gasteiger charge is -2.07. The third-order valence-corrected chi connectivity index (χ3v) is 3.35. The maximum Gasteiger partial charge on any atom is 0.172 e. The molecule has 1 N–H and O–H groups in total. The molecule has 0 fully saturated rings. The summed E-state index contributed by atoms with van der Waals surface area (Å²) in [4.78, 5) is 0. The van der Waals surface area contributed by atoms with Gasteiger partial charge in [-0.2, -0.15) is 5.10 Å². The Hall–Kier alpha value is -1.94. The molecule has 0 aliphatic heterocycles. The number of nitrogens with zero attached hydrogens (tertiary/aromatic N) is 3. The van der Waals surface area contributed by atoms with Crippen molar-refractivity contribution < 1.29 is 0 Å². The van der Waals surface area contributed by atoms with Gasteiger partial charge in [-0.15, -0.1) is 10.2 Å². The summed E-state index contributed by atoms with van der Waals surface area (Å²) in [5, 5.41) is 12.6. The first-order valence-corrected chi connectivity index (χ1v) is 6.32. The van der Waals surface area contributed by atoms with Crippen LogP contribution >= 0.6 is 11.6 Å². The Kier molecular flexibility index (Phi) is 4.12. The average molecular weight is 275 g/mol. The summed E-state index contributed by atoms with van der Waals surface area (Å²) in [5.41, 5.74) is 6.74. The van der Waals surface area contributed by atoms with Crippen LogP contribution in [0.3, 0.4) is 0 Å². The molecule has 0 radical (unpaired) electrons. The SMILES string of the molecule is C/C(=N/Nc1nnc(Cl)c(C)c1C)c1ccccc1. The van der Waals surface area contributed by atoms with Crippen LogP contribution in [-0.4, -0.2) is 15.9 Å². The molecule has 0 aliphatic rings. The van der Waals surface area contributed by atoms with E-state index in [4.69, 9.17) is 11.6 Å². The summed E-state index contributed by atoms with van der Waals surface area (Å²) in [6.07, 6.45) is 0. The second kappa shape index (κ2) is 5.80. The minimum atomic E-state index is 0.423. The molecule has 0 spiro atoms. The van der Waals surface area contributed by atoms with Gasteiger partial charge in [-0.05, 0) is 31.9 Å². The zero-order chi connectivity index (χ0) is 13.8. The Labute approximate surface area is 117 Å². The normalized spacial score (nSPS) is 11.5. The van der Waals surface area contributed by atoms with Crippen molar-refractivity contribution in [2.75, 3.05) is 5.43 Å². The molecule has 0 aliphatic carbocycles. The number of rotatable bonds is 3. The van der Waals surface area contributed by atoms with Crippen molar-refractivity contribution in [2.45, 2.75) is 20.8 Å². The zero-order valence-corrected chi connectivity index (χ0v) is 11.9. The van der Waals surface area contributed by atoms with Gasteiger partial charge in [0, 0.05) is 5.56 Å². The van der Waals surface area contributed by atoms with E-state index in [1.54, 1.807) is 0 Å². The van der Waals surface area contributed by atoms with Crippen LogP contribution in [0.2, 0.25) is 5.15 Å². The Balaban J connectivity index is 2.21. The van der Waals surface area contributed by atoms with Crippen molar-refractivity contribution in [1.82, 2.24) is 10.2 Å². The van der Waals surface area contributed by atoms with Gasteiger partial charge in [0.25, 0.3) is 0 Å². The van der Waals surface area contributed by atoms with Crippen molar-refractivity contribution >= 4 is 23.1 Å². The molecule has 2 aromatic rings. The first-order chi connectivity index (χ1) is 9.09. The van der Waals surface area contributed by atoms with Gasteiger partial charge in [0.1, 0.15) is 0 Å². The molecule has 0 amide bonds. The Morgan fingerprint density at radius 3 is 2.47 bits per heavy atom. The van der Waals surface area contributed by atoms with E-state index >= 15 is 0 Å². The van der Waals surface area contributed by atoms with Gasteiger partial charge < -0.3 is 0 Å². The maximum absolute atomic E-state index is 5.91. The summed E-state index contributed by atoms with van der Waals surface area (Å²) in [7, 11) is 0. The molecule has 0 atom stereocenters. The minimum Gasteiger partial charge on any atom is -0.259 e. The van der Waals surface area contributed by atoms with Crippen molar-refractivity contribution in [3.63, 3.8) is 0 Å². The van der Waals surface area contributed by atoms with Crippen molar-refractivity contribution in [1.29, 1.82) is 0 Å². The van der Waals surface area contributed by atoms with Crippen LogP contribution in [0.1, 0.15) is 23.6 Å². The summed E-state index contributed by atoms with van der Waals surface area (Å²) in [6.45, 7) is 5.78. The fraction of sp³-hybridized carbons (Fsp3) is 0.214. The Morgan fingerprint density at radius 1 is 1.11 bits per heavy atom. The molecule has 0 bridgehead atoms. The summed E-state index contributed by atoms with van der Waals surface area (Å²) >= 11 is 5.91. The van der Waals surface area contributed by atoms with E-state index in [2.05, 4.69) is 20.7 Å². The number of hydrogen-bond donors (Lipinski definition) is 1. The van der Waals surface area contributed by atoms with E-state index in [1.165, 1.54) is 0 Å². The predicted octanol–water partition coefficient (Wildman–Crippen LogP) is 3.58. The van der Waals surface area contributed by atoms with E-state index < -0.39 is 0 Å². The summed E-state index contributed by atoms with van der Waals surface area (Å²) in [5.74, 6) is 0.622. The number of nitrogens with one attached hydrogen (secondary N) is 1. The molecular formula is C14H15ClN4. The molecule has 1 aromatic carbocycles. The Bertz CT molecular complexity index is 608. The molecule has 19 heavy (non-hydrogen) atoms. The monoisotopic (exact) mass is 274 g/mol. The highest BCUT2D eigenvalue weighted by Crippen LogP contribution is 2.20. The molecule has 98 valence electrons. The number of aromatic nitrogens is 2. The van der Waals surface area contributed by atoms with Crippen LogP contribution in [0, 0.1) is 13.8 Å². The van der Waals surface area contributed by atoms with Crippen LogP contribution in [0.4, 0.5) is 5.82 Å². The number of hydrazone groups is 1. The molecule has 4 nitrogen and oxygen atoms in total. The van der Waals surface area contributed by atoms with Crippen LogP contribution in [0.15, 0.2) is 35.4 Å². The van der Waals surface area contributed by atoms with Gasteiger partial charge >= 0.3 is 0 Å². The lowest BCUT2D eigenvalue weighted by atomic mass is 10.1. The molecule has 2 rings (SSSR count). The average Bonchev–Trinajstić information content (AvgIpc) is 2.45. The minimum absolute atomic E-state index is 0.423. The predicted molar refractivity (Wildman–Crippen MR) is 78.8 cm³/mol. The standard InChI is InChI=1S/C14H15ClN4/c1-9-10(2)14(19-17-13(9)15)18-16-11(3)12-7-5-4-6-8-12/h4-8H,1-3H3,(H,18,19)/b16-11-. The third kappa shape index (κ3) is 3.09. The lowest BCUT2D eigenvalue weighted by Crippen LogP contribution is -2.04. The highest BCUT2D eigenvalue weighted by molar-refractivity contribution is 6.30. The van der Waals surface area contributed by atoms with E-state index in [9.17, 15) is 0 Å². The number of hydrogen-bond acceptors (Lipinski definition) is 4. The van der Waals surface area contributed by atoms with Gasteiger partial charge in [0.15, 0.2) is 11.0 Å². The molecule has 5 heteroatoms. The lowest BCUT2D eigenvalue weighted by molar-refractivity contribution is 0.987. The second-order valence-electron chi connectivity index (χ2n) is 4.26. The van der Waals surface area contributed by atoms with Crippen LogP contribution in [0.5, 0.6) is 0 Å². The van der Waals surface area contributed by atoms with Crippen molar-refractivity contribution in [3.8, 4) is 0 Å². The molecule has 0 saturated heterocycles. The molecular weight excluding hydrogens is 260 g/mol. The molecule has 1 heterocycles. The fourth-order valence-corrected chi connectivity index (χ4v) is 1.74. The Morgan fingerprint density at radius 2 is 1.79 bits per heavy atom. The first-order valence-electron chi connectivity index (χ1n) is 5.94. The van der Waals surface area contributed by atoms with E-state index in [-0.39, 0.29) is 0 Å². The van der Waals surface area contributed by atoms with Gasteiger partial charge in [0.05, 0.1) is 5.71 Å². The molecule has 0 saturated carbocycles. The summed E-state index contributed by atoms with van der Waals surface area (Å²) in [6, 6.07) is 9.94. The van der Waals surface area contributed by atoms with Gasteiger partial charge in [0.2, 0.25) is 0 Å². The largest absolute Gasteiger partial charge is 0.259 e. The van der Waals surface area contributed by atoms with E-state index in [0.29, 0.717) is 11.0 Å². The number of benzene rings is 1. The van der Waals surface area contributed by atoms with E-state index in [0.717, 1.165) is 22.4 Å². The third-order valence-electron chi connectivity index (χ3n) is 2.99. The second-order valence-corrected chi connectivity index (χ2v) is 4.62. The maximum atomic E-state index is 5.91. The zero-order valence-electron chi connectivity index (χ0n) is 11.1. The highest BCUT2D eigenvalue weighted by Gasteiger charge is 2.07. The topological polar surface area (TPSA) is 50.2 Å². The van der Waals surface area contributed by atoms with Crippen LogP contribution in [-0.2, 0) is 0 Å². The van der Waals surface area contributed by atoms with Gasteiger partial charge in [-0.1, -0.05) is 41.9 Å². The fourth-order valence-electron chi connectivity index (χ4n) is 1.56.